The first-order valence-corrected chi connectivity index (χ1v) is 7.87. The van der Waals surface area contributed by atoms with Gasteiger partial charge in [-0.15, -0.1) is 0 Å². The maximum Gasteiger partial charge on any atom is 0.274 e. The summed E-state index contributed by atoms with van der Waals surface area (Å²) in [5, 5.41) is 5.43. The second-order valence-corrected chi connectivity index (χ2v) is 5.72. The summed E-state index contributed by atoms with van der Waals surface area (Å²) in [7, 11) is 0. The molecule has 0 unspecified atom stereocenters. The maximum absolute atomic E-state index is 13.7. The molecule has 0 saturated heterocycles. The number of halogens is 2. The topological polar surface area (TPSA) is 66.9 Å². The van der Waals surface area contributed by atoms with Crippen molar-refractivity contribution in [2.45, 2.75) is 13.8 Å². The summed E-state index contributed by atoms with van der Waals surface area (Å²) in [6.07, 6.45) is 1.38. The Labute approximate surface area is 149 Å². The van der Waals surface area contributed by atoms with Crippen LogP contribution in [0.3, 0.4) is 0 Å². The minimum atomic E-state index is -0.779. The Bertz CT molecular complexity index is 976. The summed E-state index contributed by atoms with van der Waals surface area (Å²) < 4.78 is 26.7. The highest BCUT2D eigenvalue weighted by molar-refractivity contribution is 6.03. The lowest BCUT2D eigenvalue weighted by Gasteiger charge is -2.11. The number of nitrogens with zero attached hydrogens (tertiary/aromatic N) is 2. The van der Waals surface area contributed by atoms with E-state index in [4.69, 9.17) is 0 Å². The standard InChI is InChI=1S/C19H16F2N4O/c1-11-4-3-5-15(12(11)2)23-18(26)17-8-9-22-19(25-17)24-16-7-6-13(20)10-14(16)21/h3-10H,1-2H3,(H,23,26)(H,22,24,25). The van der Waals surface area contributed by atoms with Gasteiger partial charge in [0.15, 0.2) is 0 Å². The van der Waals surface area contributed by atoms with E-state index in [1.54, 1.807) is 6.07 Å². The molecule has 0 fully saturated rings. The number of carbonyl (C=O) groups excluding carboxylic acids is 1. The van der Waals surface area contributed by atoms with Crippen LogP contribution in [0.25, 0.3) is 0 Å². The zero-order valence-electron chi connectivity index (χ0n) is 14.2. The van der Waals surface area contributed by atoms with Gasteiger partial charge in [0.05, 0.1) is 5.69 Å². The Morgan fingerprint density at radius 1 is 1.04 bits per heavy atom. The van der Waals surface area contributed by atoms with E-state index >= 15 is 0 Å². The van der Waals surface area contributed by atoms with E-state index in [-0.39, 0.29) is 17.3 Å². The van der Waals surface area contributed by atoms with E-state index in [0.717, 1.165) is 23.3 Å². The molecule has 0 aliphatic heterocycles. The molecule has 26 heavy (non-hydrogen) atoms. The Morgan fingerprint density at radius 2 is 1.85 bits per heavy atom. The van der Waals surface area contributed by atoms with Crippen molar-refractivity contribution in [3.63, 3.8) is 0 Å². The molecule has 2 aromatic carbocycles. The van der Waals surface area contributed by atoms with Crippen molar-refractivity contribution >= 4 is 23.2 Å². The van der Waals surface area contributed by atoms with Crippen LogP contribution in [0.4, 0.5) is 26.1 Å². The number of nitrogens with one attached hydrogen (secondary N) is 2. The first-order chi connectivity index (χ1) is 12.4. The van der Waals surface area contributed by atoms with Crippen LogP contribution in [0.1, 0.15) is 21.6 Å². The molecule has 0 radical (unpaired) electrons. The Morgan fingerprint density at radius 3 is 2.62 bits per heavy atom. The molecule has 132 valence electrons. The Balaban J connectivity index is 1.80. The molecule has 0 saturated carbocycles. The van der Waals surface area contributed by atoms with Gasteiger partial charge in [-0.3, -0.25) is 4.79 Å². The van der Waals surface area contributed by atoms with Gasteiger partial charge >= 0.3 is 0 Å². The van der Waals surface area contributed by atoms with Crippen molar-refractivity contribution in [3.05, 3.63) is 77.1 Å². The number of hydrogen-bond acceptors (Lipinski definition) is 4. The third-order valence-electron chi connectivity index (χ3n) is 3.92. The minimum absolute atomic E-state index is 0.0125. The SMILES string of the molecule is Cc1cccc(NC(=O)c2ccnc(Nc3ccc(F)cc3F)n2)c1C. The highest BCUT2D eigenvalue weighted by Crippen LogP contribution is 2.20. The van der Waals surface area contributed by atoms with Gasteiger partial charge in [-0.05, 0) is 49.2 Å². The molecule has 5 nitrogen and oxygen atoms in total. The smallest absolute Gasteiger partial charge is 0.274 e. The van der Waals surface area contributed by atoms with Crippen LogP contribution in [-0.4, -0.2) is 15.9 Å². The number of rotatable bonds is 4. The summed E-state index contributed by atoms with van der Waals surface area (Å²) in [6, 6.07) is 10.1. The Hall–Kier alpha value is -3.35. The highest BCUT2D eigenvalue weighted by atomic mass is 19.1. The molecule has 1 heterocycles. The van der Waals surface area contributed by atoms with E-state index < -0.39 is 17.5 Å². The lowest BCUT2D eigenvalue weighted by atomic mass is 10.1. The summed E-state index contributed by atoms with van der Waals surface area (Å²) in [5.41, 5.74) is 2.83. The molecular formula is C19H16F2N4O. The quantitative estimate of drug-likeness (QED) is 0.730. The van der Waals surface area contributed by atoms with Crippen molar-refractivity contribution in [3.8, 4) is 0 Å². The van der Waals surface area contributed by atoms with Crippen molar-refractivity contribution in [1.82, 2.24) is 9.97 Å². The van der Waals surface area contributed by atoms with Crippen molar-refractivity contribution in [1.29, 1.82) is 0 Å². The van der Waals surface area contributed by atoms with Crippen LogP contribution >= 0.6 is 0 Å². The second-order valence-electron chi connectivity index (χ2n) is 5.72. The average Bonchev–Trinajstić information content (AvgIpc) is 2.61. The molecular weight excluding hydrogens is 338 g/mol. The summed E-state index contributed by atoms with van der Waals surface area (Å²) in [5.74, 6) is -1.85. The van der Waals surface area contributed by atoms with Gasteiger partial charge in [0.1, 0.15) is 17.3 Å². The molecule has 2 N–H and O–H groups in total. The number of benzene rings is 2. The van der Waals surface area contributed by atoms with Crippen LogP contribution in [0.5, 0.6) is 0 Å². The molecule has 3 rings (SSSR count). The lowest BCUT2D eigenvalue weighted by molar-refractivity contribution is 0.102. The number of anilines is 3. The Kier molecular flexibility index (Phi) is 4.88. The van der Waals surface area contributed by atoms with E-state index in [0.29, 0.717) is 5.69 Å². The maximum atomic E-state index is 13.7. The van der Waals surface area contributed by atoms with Gasteiger partial charge < -0.3 is 10.6 Å². The van der Waals surface area contributed by atoms with E-state index in [1.807, 2.05) is 26.0 Å². The summed E-state index contributed by atoms with van der Waals surface area (Å²) >= 11 is 0. The normalized spacial score (nSPS) is 10.5. The number of hydrogen-bond donors (Lipinski definition) is 2. The van der Waals surface area contributed by atoms with Gasteiger partial charge in [0.25, 0.3) is 5.91 Å². The van der Waals surface area contributed by atoms with Crippen LogP contribution in [0.2, 0.25) is 0 Å². The minimum Gasteiger partial charge on any atom is -0.322 e. The molecule has 0 spiro atoms. The third kappa shape index (κ3) is 3.83. The summed E-state index contributed by atoms with van der Waals surface area (Å²) in [6.45, 7) is 3.87. The molecule has 0 bridgehead atoms. The number of amides is 1. The second kappa shape index (κ2) is 7.26. The third-order valence-corrected chi connectivity index (χ3v) is 3.92. The first kappa shape index (κ1) is 17.5. The van der Waals surface area contributed by atoms with Gasteiger partial charge in [-0.1, -0.05) is 12.1 Å². The number of aryl methyl sites for hydroxylation is 1. The van der Waals surface area contributed by atoms with Gasteiger partial charge in [-0.2, -0.15) is 0 Å². The number of carbonyl (C=O) groups is 1. The fraction of sp³-hybridized carbons (Fsp3) is 0.105. The molecule has 3 aromatic rings. The lowest BCUT2D eigenvalue weighted by Crippen LogP contribution is -2.15. The highest BCUT2D eigenvalue weighted by Gasteiger charge is 2.12. The van der Waals surface area contributed by atoms with Crippen molar-refractivity contribution in [2.24, 2.45) is 0 Å². The first-order valence-electron chi connectivity index (χ1n) is 7.87. The van der Waals surface area contributed by atoms with Crippen LogP contribution in [-0.2, 0) is 0 Å². The van der Waals surface area contributed by atoms with E-state index in [9.17, 15) is 13.6 Å². The fourth-order valence-electron chi connectivity index (χ4n) is 2.33. The van der Waals surface area contributed by atoms with Crippen molar-refractivity contribution < 1.29 is 13.6 Å². The molecule has 7 heteroatoms. The van der Waals surface area contributed by atoms with Crippen LogP contribution in [0.15, 0.2) is 48.7 Å². The molecule has 1 amide bonds. The van der Waals surface area contributed by atoms with Gasteiger partial charge in [-0.25, -0.2) is 18.7 Å². The van der Waals surface area contributed by atoms with E-state index in [1.165, 1.54) is 18.3 Å². The molecule has 1 aromatic heterocycles. The largest absolute Gasteiger partial charge is 0.322 e. The monoisotopic (exact) mass is 354 g/mol. The predicted octanol–water partition coefficient (Wildman–Crippen LogP) is 4.37. The van der Waals surface area contributed by atoms with Crippen LogP contribution < -0.4 is 10.6 Å². The number of aromatic nitrogens is 2. The van der Waals surface area contributed by atoms with Crippen molar-refractivity contribution in [2.75, 3.05) is 10.6 Å². The molecule has 0 aliphatic carbocycles. The van der Waals surface area contributed by atoms with Gasteiger partial charge in [0, 0.05) is 18.0 Å². The zero-order chi connectivity index (χ0) is 18.7. The molecule has 0 atom stereocenters. The van der Waals surface area contributed by atoms with Crippen LogP contribution in [0, 0.1) is 25.5 Å². The van der Waals surface area contributed by atoms with E-state index in [2.05, 4.69) is 20.6 Å². The zero-order valence-corrected chi connectivity index (χ0v) is 14.2. The van der Waals surface area contributed by atoms with Gasteiger partial charge in [0.2, 0.25) is 5.95 Å². The molecule has 0 aliphatic rings. The summed E-state index contributed by atoms with van der Waals surface area (Å²) in [4.78, 5) is 20.5. The predicted molar refractivity (Wildman–Crippen MR) is 95.5 cm³/mol. The fourth-order valence-corrected chi connectivity index (χ4v) is 2.33. The average molecular weight is 354 g/mol.